The van der Waals surface area contributed by atoms with E-state index in [2.05, 4.69) is 16.8 Å². The molecule has 0 radical (unpaired) electrons. The summed E-state index contributed by atoms with van der Waals surface area (Å²) in [5, 5.41) is 14.2. The van der Waals surface area contributed by atoms with Crippen LogP contribution in [0.4, 0.5) is 36.4 Å². The van der Waals surface area contributed by atoms with Crippen molar-refractivity contribution in [3.8, 4) is 0 Å². The number of likely N-dealkylation sites (tertiary alicyclic amines) is 1. The van der Waals surface area contributed by atoms with Crippen molar-refractivity contribution in [1.82, 2.24) is 9.88 Å². The van der Waals surface area contributed by atoms with Gasteiger partial charge in [0.2, 0.25) is 0 Å². The van der Waals surface area contributed by atoms with E-state index in [-0.39, 0.29) is 17.1 Å². The van der Waals surface area contributed by atoms with Crippen molar-refractivity contribution in [2.75, 3.05) is 31.1 Å². The average Bonchev–Trinajstić information content (AvgIpc) is 3.18. The van der Waals surface area contributed by atoms with E-state index in [1.807, 2.05) is 4.90 Å². The van der Waals surface area contributed by atoms with Gasteiger partial charge in [0.1, 0.15) is 5.82 Å². The average molecular weight is 581 g/mol. The number of amides is 1. The summed E-state index contributed by atoms with van der Waals surface area (Å²) in [4.78, 5) is 39.2. The Balaban J connectivity index is 0.000000333. The van der Waals surface area contributed by atoms with Crippen molar-refractivity contribution in [2.24, 2.45) is 0 Å². The predicted octanol–water partition coefficient (Wildman–Crippen LogP) is 4.89. The quantitative estimate of drug-likeness (QED) is 0.497. The lowest BCUT2D eigenvalue weighted by molar-refractivity contribution is -0.193. The number of halogens is 7. The summed E-state index contributed by atoms with van der Waals surface area (Å²) in [5.41, 5.74) is 2.28. The number of hydrogen-bond donors (Lipinski definition) is 2. The number of carbonyl (C=O) groups is 3. The van der Waals surface area contributed by atoms with Gasteiger partial charge in [0.15, 0.2) is 0 Å². The van der Waals surface area contributed by atoms with Crippen LogP contribution in [0, 0.1) is 5.82 Å². The maximum absolute atomic E-state index is 14.0. The van der Waals surface area contributed by atoms with Crippen LogP contribution in [0.1, 0.15) is 42.1 Å². The molecule has 220 valence electrons. The Kier molecular flexibility index (Phi) is 10.6. The molecule has 3 heterocycles. The van der Waals surface area contributed by atoms with Gasteiger partial charge in [0.25, 0.3) is 5.91 Å². The predicted molar refractivity (Wildman–Crippen MR) is 127 cm³/mol. The zero-order valence-electron chi connectivity index (χ0n) is 21.1. The Morgan fingerprint density at radius 2 is 1.52 bits per heavy atom. The van der Waals surface area contributed by atoms with E-state index >= 15 is 0 Å². The van der Waals surface area contributed by atoms with Crippen molar-refractivity contribution in [3.63, 3.8) is 0 Å². The molecule has 1 spiro atoms. The highest BCUT2D eigenvalue weighted by atomic mass is 19.4. The minimum absolute atomic E-state index is 0.0566. The molecule has 1 fully saturated rings. The van der Waals surface area contributed by atoms with Gasteiger partial charge in [0, 0.05) is 30.0 Å². The van der Waals surface area contributed by atoms with Crippen molar-refractivity contribution in [1.29, 1.82) is 0 Å². The molecule has 15 heteroatoms. The first-order valence-corrected chi connectivity index (χ1v) is 11.9. The van der Waals surface area contributed by atoms with E-state index in [4.69, 9.17) is 19.8 Å². The van der Waals surface area contributed by atoms with E-state index < -0.39 is 24.3 Å². The van der Waals surface area contributed by atoms with Crippen LogP contribution in [0.25, 0.3) is 0 Å². The number of piperidine rings is 1. The van der Waals surface area contributed by atoms with Crippen LogP contribution in [0.5, 0.6) is 0 Å². The number of fused-ring (bicyclic) bond motifs is 2. The molecular formula is C25H26F7N3O5. The van der Waals surface area contributed by atoms with E-state index in [0.717, 1.165) is 50.1 Å². The molecule has 8 nitrogen and oxygen atoms in total. The maximum Gasteiger partial charge on any atom is 0.490 e. The van der Waals surface area contributed by atoms with Gasteiger partial charge in [0.05, 0.1) is 5.56 Å². The van der Waals surface area contributed by atoms with Gasteiger partial charge in [-0.05, 0) is 74.8 Å². The highest BCUT2D eigenvalue weighted by Gasteiger charge is 2.46. The first-order valence-electron chi connectivity index (χ1n) is 11.9. The molecule has 1 amide bonds. The Morgan fingerprint density at radius 1 is 0.975 bits per heavy atom. The number of pyridine rings is 1. The summed E-state index contributed by atoms with van der Waals surface area (Å²) in [6.07, 6.45) is -3.85. The van der Waals surface area contributed by atoms with E-state index in [1.54, 1.807) is 36.7 Å². The summed E-state index contributed by atoms with van der Waals surface area (Å²) in [7, 11) is 0. The van der Waals surface area contributed by atoms with Gasteiger partial charge in [-0.1, -0.05) is 6.92 Å². The number of rotatable bonds is 3. The van der Waals surface area contributed by atoms with Crippen LogP contribution < -0.4 is 4.90 Å². The molecule has 2 aliphatic rings. The number of carboxylic acid groups (broad SMARTS) is 2. The number of aromatic nitrogens is 1. The van der Waals surface area contributed by atoms with Crippen molar-refractivity contribution >= 4 is 23.5 Å². The van der Waals surface area contributed by atoms with E-state index in [1.165, 1.54) is 6.07 Å². The highest BCUT2D eigenvalue weighted by Crippen LogP contribution is 2.47. The Labute approximate surface area is 224 Å². The largest absolute Gasteiger partial charge is 0.490 e. The second-order valence-electron chi connectivity index (χ2n) is 9.02. The molecule has 2 N–H and O–H groups in total. The zero-order chi connectivity index (χ0) is 30.3. The van der Waals surface area contributed by atoms with Crippen molar-refractivity contribution in [3.05, 3.63) is 59.7 Å². The Bertz CT molecular complexity index is 1160. The fourth-order valence-corrected chi connectivity index (χ4v) is 4.42. The van der Waals surface area contributed by atoms with Gasteiger partial charge in [-0.2, -0.15) is 26.3 Å². The molecule has 1 aromatic heterocycles. The van der Waals surface area contributed by atoms with Crippen LogP contribution in [-0.4, -0.2) is 76.5 Å². The van der Waals surface area contributed by atoms with Gasteiger partial charge in [-0.25, -0.2) is 14.0 Å². The lowest BCUT2D eigenvalue weighted by atomic mass is 9.74. The van der Waals surface area contributed by atoms with Crippen LogP contribution in [-0.2, 0) is 15.0 Å². The fourth-order valence-electron chi connectivity index (χ4n) is 4.42. The van der Waals surface area contributed by atoms with Crippen molar-refractivity contribution < 1.29 is 55.3 Å². The molecule has 0 aliphatic carbocycles. The number of carboxylic acids is 2. The van der Waals surface area contributed by atoms with Gasteiger partial charge in [-0.15, -0.1) is 0 Å². The Hall–Kier alpha value is -3.75. The summed E-state index contributed by atoms with van der Waals surface area (Å²) in [6, 6.07) is 8.41. The molecule has 0 unspecified atom stereocenters. The first-order chi connectivity index (χ1) is 18.5. The highest BCUT2D eigenvalue weighted by molar-refractivity contribution is 6.07. The Morgan fingerprint density at radius 3 is 1.98 bits per heavy atom. The van der Waals surface area contributed by atoms with Gasteiger partial charge >= 0.3 is 24.3 Å². The summed E-state index contributed by atoms with van der Waals surface area (Å²) in [6.45, 7) is 5.92. The lowest BCUT2D eigenvalue weighted by Crippen LogP contribution is -2.46. The monoisotopic (exact) mass is 581 g/mol. The topological polar surface area (TPSA) is 111 Å². The molecule has 0 bridgehead atoms. The molecule has 0 saturated carbocycles. The number of anilines is 1. The minimum Gasteiger partial charge on any atom is -0.475 e. The number of nitrogens with zero attached hydrogens (tertiary/aromatic N) is 3. The van der Waals surface area contributed by atoms with Crippen LogP contribution >= 0.6 is 0 Å². The first kappa shape index (κ1) is 32.5. The molecule has 2 aromatic rings. The molecule has 4 rings (SSSR count). The molecule has 1 aromatic carbocycles. The number of alkyl halides is 6. The van der Waals surface area contributed by atoms with E-state index in [9.17, 15) is 35.5 Å². The SMILES string of the molecule is CCCN1CCC2(CC1)CN(C(=O)c1cccnc1)c1ccc(F)cc12.O=C(O)C(F)(F)F.O=C(O)C(F)(F)F. The normalized spacial score (nSPS) is 16.2. The fraction of sp³-hybridized carbons (Fsp3) is 0.440. The van der Waals surface area contributed by atoms with E-state index in [0.29, 0.717) is 12.1 Å². The third kappa shape index (κ3) is 8.37. The van der Waals surface area contributed by atoms with Crippen LogP contribution in [0.2, 0.25) is 0 Å². The number of carbonyl (C=O) groups excluding carboxylic acids is 1. The number of hydrogen-bond acceptors (Lipinski definition) is 5. The third-order valence-electron chi connectivity index (χ3n) is 6.27. The number of benzene rings is 1. The smallest absolute Gasteiger partial charge is 0.475 e. The van der Waals surface area contributed by atoms with Gasteiger partial charge in [-0.3, -0.25) is 9.78 Å². The second-order valence-corrected chi connectivity index (χ2v) is 9.02. The third-order valence-corrected chi connectivity index (χ3v) is 6.27. The number of aliphatic carboxylic acids is 2. The standard InChI is InChI=1S/C21H24FN3O.2C2HF3O2/c1-2-10-24-11-7-21(8-12-24)15-25(19-6-5-17(22)13-18(19)21)20(26)16-4-3-9-23-14-16;2*3-2(4,5)1(6)7/h3-6,9,13-14H,2,7-8,10-12,15H2,1H3;2*(H,6,7). The minimum atomic E-state index is -5.08. The summed E-state index contributed by atoms with van der Waals surface area (Å²) in [5.74, 6) is -5.80. The maximum atomic E-state index is 14.0. The lowest BCUT2D eigenvalue weighted by Gasteiger charge is -2.39. The summed E-state index contributed by atoms with van der Waals surface area (Å²) >= 11 is 0. The molecular weight excluding hydrogens is 555 g/mol. The summed E-state index contributed by atoms with van der Waals surface area (Å²) < 4.78 is 77.5. The molecule has 0 atom stereocenters. The molecule has 40 heavy (non-hydrogen) atoms. The second kappa shape index (κ2) is 13.1. The van der Waals surface area contributed by atoms with Crippen molar-refractivity contribution in [2.45, 2.75) is 44.0 Å². The molecule has 1 saturated heterocycles. The van der Waals surface area contributed by atoms with Gasteiger partial charge < -0.3 is 20.0 Å². The van der Waals surface area contributed by atoms with Crippen LogP contribution in [0.15, 0.2) is 42.7 Å². The van der Waals surface area contributed by atoms with Crippen LogP contribution in [0.3, 0.4) is 0 Å². The zero-order valence-corrected chi connectivity index (χ0v) is 21.1. The molecule has 2 aliphatic heterocycles.